The lowest BCUT2D eigenvalue weighted by Crippen LogP contribution is -2.20. The van der Waals surface area contributed by atoms with Crippen LogP contribution in [-0.2, 0) is 6.18 Å². The number of amides is 1. The standard InChI is InChI=1S/C19H14F3N5O/c1-9-15(19(20,21)22)11(7-23)8-24-16(9)18(28)25-12-4-5-14-13(6-12)17(27-26-14)10-2-3-10/h4-6,8,10H,2-3H2,1H3,(H,25,28)(H,26,27). The highest BCUT2D eigenvalue weighted by Crippen LogP contribution is 2.42. The van der Waals surface area contributed by atoms with Gasteiger partial charge in [0, 0.05) is 28.9 Å². The second-order valence-corrected chi connectivity index (χ2v) is 6.73. The number of aromatic nitrogens is 3. The molecule has 2 heterocycles. The number of fused-ring (bicyclic) bond motifs is 1. The maximum atomic E-state index is 13.3. The Morgan fingerprint density at radius 3 is 2.75 bits per heavy atom. The molecular weight excluding hydrogens is 371 g/mol. The van der Waals surface area contributed by atoms with Gasteiger partial charge < -0.3 is 5.32 Å². The Morgan fingerprint density at radius 1 is 1.36 bits per heavy atom. The van der Waals surface area contributed by atoms with Crippen molar-refractivity contribution in [1.82, 2.24) is 15.2 Å². The third-order valence-electron chi connectivity index (χ3n) is 4.77. The average molecular weight is 385 g/mol. The Morgan fingerprint density at radius 2 is 2.11 bits per heavy atom. The van der Waals surface area contributed by atoms with Crippen LogP contribution in [0.3, 0.4) is 0 Å². The summed E-state index contributed by atoms with van der Waals surface area (Å²) >= 11 is 0. The number of halogens is 3. The van der Waals surface area contributed by atoms with Crippen LogP contribution in [-0.4, -0.2) is 21.1 Å². The van der Waals surface area contributed by atoms with Crippen LogP contribution in [0.1, 0.15) is 51.6 Å². The summed E-state index contributed by atoms with van der Waals surface area (Å²) in [4.78, 5) is 16.3. The van der Waals surface area contributed by atoms with Gasteiger partial charge >= 0.3 is 6.18 Å². The van der Waals surface area contributed by atoms with Crippen molar-refractivity contribution in [3.05, 3.63) is 52.5 Å². The molecule has 6 nitrogen and oxygen atoms in total. The third kappa shape index (κ3) is 3.07. The third-order valence-corrected chi connectivity index (χ3v) is 4.77. The molecule has 4 rings (SSSR count). The van der Waals surface area contributed by atoms with Crippen molar-refractivity contribution < 1.29 is 18.0 Å². The summed E-state index contributed by atoms with van der Waals surface area (Å²) in [5, 5.41) is 19.6. The minimum absolute atomic E-state index is 0.374. The van der Waals surface area contributed by atoms with E-state index in [1.807, 2.05) is 0 Å². The Labute approximate surface area is 157 Å². The average Bonchev–Trinajstić information content (AvgIpc) is 3.39. The van der Waals surface area contributed by atoms with Crippen molar-refractivity contribution in [2.45, 2.75) is 31.9 Å². The first-order valence-corrected chi connectivity index (χ1v) is 8.56. The van der Waals surface area contributed by atoms with Gasteiger partial charge in [-0.15, -0.1) is 0 Å². The van der Waals surface area contributed by atoms with Crippen molar-refractivity contribution in [1.29, 1.82) is 5.26 Å². The number of aromatic amines is 1. The van der Waals surface area contributed by atoms with E-state index in [0.717, 1.165) is 42.6 Å². The molecule has 9 heteroatoms. The van der Waals surface area contributed by atoms with Gasteiger partial charge in [0.15, 0.2) is 0 Å². The lowest BCUT2D eigenvalue weighted by molar-refractivity contribution is -0.138. The van der Waals surface area contributed by atoms with E-state index in [4.69, 9.17) is 5.26 Å². The molecule has 1 amide bonds. The number of H-pyrrole nitrogens is 1. The van der Waals surface area contributed by atoms with Crippen LogP contribution >= 0.6 is 0 Å². The van der Waals surface area contributed by atoms with Crippen molar-refractivity contribution in [2.24, 2.45) is 0 Å². The number of nitrogens with zero attached hydrogens (tertiary/aromatic N) is 3. The Balaban J connectivity index is 1.68. The van der Waals surface area contributed by atoms with Gasteiger partial charge in [-0.2, -0.15) is 23.5 Å². The molecular formula is C19H14F3N5O. The smallest absolute Gasteiger partial charge is 0.321 e. The van der Waals surface area contributed by atoms with Crippen molar-refractivity contribution in [2.75, 3.05) is 5.32 Å². The van der Waals surface area contributed by atoms with Crippen molar-refractivity contribution in [3.8, 4) is 6.07 Å². The van der Waals surface area contributed by atoms with Gasteiger partial charge in [-0.25, -0.2) is 4.98 Å². The number of benzene rings is 1. The van der Waals surface area contributed by atoms with E-state index in [2.05, 4.69) is 20.5 Å². The number of alkyl halides is 3. The molecule has 3 aromatic rings. The number of nitrogens with one attached hydrogen (secondary N) is 2. The number of carbonyl (C=O) groups is 1. The van der Waals surface area contributed by atoms with Crippen LogP contribution in [0.5, 0.6) is 0 Å². The Hall–Kier alpha value is -3.41. The fraction of sp³-hybridized carbons (Fsp3) is 0.263. The molecule has 0 unspecified atom stereocenters. The molecule has 1 fully saturated rings. The van der Waals surface area contributed by atoms with Crippen LogP contribution in [0.25, 0.3) is 10.9 Å². The summed E-state index contributed by atoms with van der Waals surface area (Å²) in [5.74, 6) is -0.351. The summed E-state index contributed by atoms with van der Waals surface area (Å²) in [6.07, 6.45) is -1.85. The molecule has 1 aliphatic carbocycles. The zero-order valence-electron chi connectivity index (χ0n) is 14.7. The van der Waals surface area contributed by atoms with Crippen LogP contribution in [0, 0.1) is 18.3 Å². The zero-order valence-corrected chi connectivity index (χ0v) is 14.7. The molecule has 1 saturated carbocycles. The van der Waals surface area contributed by atoms with Crippen molar-refractivity contribution in [3.63, 3.8) is 0 Å². The number of hydrogen-bond donors (Lipinski definition) is 2. The van der Waals surface area contributed by atoms with E-state index < -0.39 is 23.2 Å². The quantitative estimate of drug-likeness (QED) is 0.703. The molecule has 0 spiro atoms. The topological polar surface area (TPSA) is 94.5 Å². The molecule has 0 atom stereocenters. The summed E-state index contributed by atoms with van der Waals surface area (Å²) in [5.41, 5.74) is -0.329. The minimum atomic E-state index is -4.76. The lowest BCUT2D eigenvalue weighted by Gasteiger charge is -2.14. The number of carbonyl (C=O) groups excluding carboxylic acids is 1. The first-order valence-electron chi connectivity index (χ1n) is 8.56. The first-order chi connectivity index (χ1) is 13.3. The largest absolute Gasteiger partial charge is 0.418 e. The van der Waals surface area contributed by atoms with Crippen LogP contribution < -0.4 is 5.32 Å². The Bertz CT molecular complexity index is 1140. The fourth-order valence-electron chi connectivity index (χ4n) is 3.27. The molecule has 142 valence electrons. The maximum Gasteiger partial charge on any atom is 0.418 e. The van der Waals surface area contributed by atoms with E-state index in [1.54, 1.807) is 18.2 Å². The molecule has 0 saturated heterocycles. The van der Waals surface area contributed by atoms with E-state index in [0.29, 0.717) is 11.6 Å². The summed E-state index contributed by atoms with van der Waals surface area (Å²) < 4.78 is 39.9. The van der Waals surface area contributed by atoms with Crippen LogP contribution in [0.4, 0.5) is 18.9 Å². The van der Waals surface area contributed by atoms with Gasteiger partial charge in [0.2, 0.25) is 0 Å². The molecule has 0 aliphatic heterocycles. The first kappa shape index (κ1) is 18.0. The second-order valence-electron chi connectivity index (χ2n) is 6.73. The molecule has 2 aromatic heterocycles. The van der Waals surface area contributed by atoms with Gasteiger partial charge in [0.25, 0.3) is 5.91 Å². The summed E-state index contributed by atoms with van der Waals surface area (Å²) in [6, 6.07) is 6.57. The second kappa shape index (κ2) is 6.34. The van der Waals surface area contributed by atoms with E-state index in [9.17, 15) is 18.0 Å². The van der Waals surface area contributed by atoms with Gasteiger partial charge in [-0.1, -0.05) is 0 Å². The maximum absolute atomic E-state index is 13.3. The Kier molecular flexibility index (Phi) is 4.07. The molecule has 28 heavy (non-hydrogen) atoms. The lowest BCUT2D eigenvalue weighted by atomic mass is 10.0. The highest BCUT2D eigenvalue weighted by Gasteiger charge is 2.37. The van der Waals surface area contributed by atoms with E-state index in [-0.39, 0.29) is 11.3 Å². The van der Waals surface area contributed by atoms with Crippen LogP contribution in [0.15, 0.2) is 24.4 Å². The highest BCUT2D eigenvalue weighted by molar-refractivity contribution is 6.05. The van der Waals surface area contributed by atoms with Gasteiger partial charge in [-0.3, -0.25) is 9.89 Å². The molecule has 0 bridgehead atoms. The number of pyridine rings is 1. The molecule has 1 aliphatic rings. The normalized spacial score (nSPS) is 14.1. The minimum Gasteiger partial charge on any atom is -0.321 e. The number of anilines is 1. The number of rotatable bonds is 3. The van der Waals surface area contributed by atoms with Crippen LogP contribution in [0.2, 0.25) is 0 Å². The highest BCUT2D eigenvalue weighted by atomic mass is 19.4. The zero-order chi connectivity index (χ0) is 20.1. The van der Waals surface area contributed by atoms with Gasteiger partial charge in [0.05, 0.1) is 16.6 Å². The van der Waals surface area contributed by atoms with Crippen molar-refractivity contribution >= 4 is 22.5 Å². The number of nitriles is 1. The van der Waals surface area contributed by atoms with E-state index >= 15 is 0 Å². The fourth-order valence-corrected chi connectivity index (χ4v) is 3.27. The molecule has 2 N–H and O–H groups in total. The molecule has 0 radical (unpaired) electrons. The predicted octanol–water partition coefficient (Wildman–Crippen LogP) is 4.29. The summed E-state index contributed by atoms with van der Waals surface area (Å²) in [7, 11) is 0. The molecule has 1 aromatic carbocycles. The summed E-state index contributed by atoms with van der Waals surface area (Å²) in [6.45, 7) is 1.13. The number of hydrogen-bond acceptors (Lipinski definition) is 4. The predicted molar refractivity (Wildman–Crippen MR) is 94.7 cm³/mol. The van der Waals surface area contributed by atoms with Gasteiger partial charge in [0.1, 0.15) is 11.8 Å². The van der Waals surface area contributed by atoms with E-state index in [1.165, 1.54) is 6.07 Å². The van der Waals surface area contributed by atoms with Gasteiger partial charge in [-0.05, 0) is 43.5 Å². The SMILES string of the molecule is Cc1c(C(=O)Nc2ccc3n[nH]c(C4CC4)c3c2)ncc(C#N)c1C(F)(F)F. The monoisotopic (exact) mass is 385 g/mol.